The summed E-state index contributed by atoms with van der Waals surface area (Å²) in [6, 6.07) is 6.83. The molecule has 0 fully saturated rings. The van der Waals surface area contributed by atoms with E-state index in [9.17, 15) is 26.4 Å². The first kappa shape index (κ1) is 24.4. The maximum Gasteiger partial charge on any atom is 0.573 e. The Balaban J connectivity index is 2.59. The summed E-state index contributed by atoms with van der Waals surface area (Å²) in [7, 11) is -3.46. The first-order valence-electron chi connectivity index (χ1n) is 9.14. The Morgan fingerprint density at radius 3 is 2.32 bits per heavy atom. The van der Waals surface area contributed by atoms with Crippen LogP contribution in [0, 0.1) is 0 Å². The van der Waals surface area contributed by atoms with E-state index in [-0.39, 0.29) is 29.1 Å². The lowest BCUT2D eigenvalue weighted by Gasteiger charge is -2.28. The van der Waals surface area contributed by atoms with Crippen molar-refractivity contribution in [2.24, 2.45) is 0 Å². The fourth-order valence-corrected chi connectivity index (χ4v) is 3.13. The summed E-state index contributed by atoms with van der Waals surface area (Å²) >= 11 is 0. The van der Waals surface area contributed by atoms with E-state index in [4.69, 9.17) is 4.74 Å². The van der Waals surface area contributed by atoms with Gasteiger partial charge >= 0.3 is 12.5 Å². The highest BCUT2D eigenvalue weighted by Crippen LogP contribution is 2.38. The van der Waals surface area contributed by atoms with E-state index in [1.807, 2.05) is 0 Å². The van der Waals surface area contributed by atoms with Crippen molar-refractivity contribution in [2.75, 3.05) is 23.5 Å². The van der Waals surface area contributed by atoms with E-state index in [0.717, 1.165) is 17.2 Å². The predicted octanol–water partition coefficient (Wildman–Crippen LogP) is 4.43. The molecule has 0 aliphatic rings. The molecule has 2 rings (SSSR count). The van der Waals surface area contributed by atoms with Crippen molar-refractivity contribution >= 4 is 21.6 Å². The number of alkyl halides is 3. The van der Waals surface area contributed by atoms with Gasteiger partial charge in [0.1, 0.15) is 21.2 Å². The summed E-state index contributed by atoms with van der Waals surface area (Å²) in [4.78, 5) is 17.8. The van der Waals surface area contributed by atoms with Gasteiger partial charge in [0, 0.05) is 30.1 Å². The first-order valence-corrected chi connectivity index (χ1v) is 11.2. The number of hydrogen-bond acceptors (Lipinski definition) is 6. The van der Waals surface area contributed by atoms with Crippen LogP contribution in [0.15, 0.2) is 42.7 Å². The van der Waals surface area contributed by atoms with Gasteiger partial charge < -0.3 is 9.47 Å². The highest BCUT2D eigenvalue weighted by atomic mass is 32.2. The Bertz CT molecular complexity index is 1030. The average molecular weight is 460 g/mol. The van der Waals surface area contributed by atoms with E-state index in [2.05, 4.69) is 9.72 Å². The van der Waals surface area contributed by atoms with Gasteiger partial charge in [-0.3, -0.25) is 9.88 Å². The summed E-state index contributed by atoms with van der Waals surface area (Å²) in [6.45, 7) is 4.62. The molecule has 0 radical (unpaired) electrons. The number of carbonyl (C=O) groups is 1. The number of para-hydroxylation sites is 1. The molecule has 0 atom stereocenters. The third kappa shape index (κ3) is 7.74. The Labute approximate surface area is 178 Å². The van der Waals surface area contributed by atoms with Crippen LogP contribution in [0.4, 0.5) is 23.7 Å². The summed E-state index contributed by atoms with van der Waals surface area (Å²) < 4.78 is 71.5. The number of rotatable bonds is 6. The molecule has 1 aromatic heterocycles. The van der Waals surface area contributed by atoms with Gasteiger partial charge in [-0.2, -0.15) is 0 Å². The highest BCUT2D eigenvalue weighted by Gasteiger charge is 2.33. The molecule has 31 heavy (non-hydrogen) atoms. The minimum atomic E-state index is -4.93. The molecule has 0 bridgehead atoms. The van der Waals surface area contributed by atoms with Crippen LogP contribution >= 0.6 is 0 Å². The summed E-state index contributed by atoms with van der Waals surface area (Å²) in [5, 5.41) is 0. The number of carbonyl (C=O) groups excluding carboxylic acids is 1. The molecule has 0 N–H and O–H groups in total. The lowest BCUT2D eigenvalue weighted by atomic mass is 10.0. The standard InChI is InChI=1S/C20H23F3N2O5S/c1-19(2,3)30-18(26)25(11-12-31(4,27)28)16-13-24-10-9-14(16)15-7-5-6-8-17(15)29-20(21,22)23/h5-10,13H,11-12H2,1-4H3. The number of aromatic nitrogens is 1. The molecule has 2 aromatic rings. The number of pyridine rings is 1. The highest BCUT2D eigenvalue weighted by molar-refractivity contribution is 7.90. The van der Waals surface area contributed by atoms with Gasteiger partial charge in [0.25, 0.3) is 0 Å². The van der Waals surface area contributed by atoms with Gasteiger partial charge in [0.2, 0.25) is 0 Å². The van der Waals surface area contributed by atoms with Crippen molar-refractivity contribution in [3.8, 4) is 16.9 Å². The number of anilines is 1. The van der Waals surface area contributed by atoms with E-state index in [0.29, 0.717) is 0 Å². The Hall–Kier alpha value is -2.82. The zero-order chi connectivity index (χ0) is 23.4. The number of sulfone groups is 1. The molecule has 1 aromatic carbocycles. The van der Waals surface area contributed by atoms with Crippen LogP contribution in [-0.4, -0.2) is 50.0 Å². The second-order valence-corrected chi connectivity index (χ2v) is 9.96. The maximum atomic E-state index is 12.9. The van der Waals surface area contributed by atoms with Crippen LogP contribution in [0.25, 0.3) is 11.1 Å². The molecule has 11 heteroatoms. The average Bonchev–Trinajstić information content (AvgIpc) is 2.59. The van der Waals surface area contributed by atoms with Gasteiger partial charge in [-0.1, -0.05) is 18.2 Å². The molecule has 0 aliphatic carbocycles. The third-order valence-corrected chi connectivity index (χ3v) is 4.72. The smallest absolute Gasteiger partial charge is 0.443 e. The van der Waals surface area contributed by atoms with Crippen molar-refractivity contribution in [3.05, 3.63) is 42.7 Å². The Morgan fingerprint density at radius 1 is 1.10 bits per heavy atom. The first-order chi connectivity index (χ1) is 14.2. The van der Waals surface area contributed by atoms with Crippen LogP contribution in [0.5, 0.6) is 5.75 Å². The van der Waals surface area contributed by atoms with Crippen LogP contribution < -0.4 is 9.64 Å². The van der Waals surface area contributed by atoms with Crippen molar-refractivity contribution in [1.29, 1.82) is 0 Å². The SMILES string of the molecule is CC(C)(C)OC(=O)N(CCS(C)(=O)=O)c1cnccc1-c1ccccc1OC(F)(F)F. The van der Waals surface area contributed by atoms with Gasteiger partial charge in [0.15, 0.2) is 0 Å². The van der Waals surface area contributed by atoms with Crippen molar-refractivity contribution in [3.63, 3.8) is 0 Å². The molecular formula is C20H23F3N2O5S. The number of hydrogen-bond donors (Lipinski definition) is 0. The summed E-state index contributed by atoms with van der Waals surface area (Å²) in [6.07, 6.45) is -2.18. The largest absolute Gasteiger partial charge is 0.573 e. The zero-order valence-electron chi connectivity index (χ0n) is 17.4. The van der Waals surface area contributed by atoms with Crippen molar-refractivity contribution in [1.82, 2.24) is 4.98 Å². The summed E-state index contributed by atoms with van der Waals surface area (Å²) in [5.74, 6) is -0.865. The van der Waals surface area contributed by atoms with Crippen LogP contribution in [0.1, 0.15) is 20.8 Å². The van der Waals surface area contributed by atoms with E-state index >= 15 is 0 Å². The van der Waals surface area contributed by atoms with Crippen LogP contribution in [-0.2, 0) is 14.6 Å². The molecule has 1 heterocycles. The second kappa shape index (κ2) is 9.13. The lowest BCUT2D eigenvalue weighted by Crippen LogP contribution is -2.39. The van der Waals surface area contributed by atoms with E-state index < -0.39 is 33.6 Å². The molecule has 170 valence electrons. The molecular weight excluding hydrogens is 437 g/mol. The fraction of sp³-hybridized carbons (Fsp3) is 0.400. The number of halogens is 3. The van der Waals surface area contributed by atoms with Gasteiger partial charge in [-0.25, -0.2) is 13.2 Å². The molecule has 0 unspecified atom stereocenters. The predicted molar refractivity (Wildman–Crippen MR) is 110 cm³/mol. The van der Waals surface area contributed by atoms with Gasteiger partial charge in [-0.05, 0) is 32.9 Å². The molecule has 1 amide bonds. The molecule has 0 spiro atoms. The second-order valence-electron chi connectivity index (χ2n) is 7.70. The van der Waals surface area contributed by atoms with E-state index in [1.165, 1.54) is 36.7 Å². The number of ether oxygens (including phenoxy) is 2. The number of amides is 1. The van der Waals surface area contributed by atoms with E-state index in [1.54, 1.807) is 20.8 Å². The topological polar surface area (TPSA) is 85.8 Å². The third-order valence-electron chi connectivity index (χ3n) is 3.79. The minimum Gasteiger partial charge on any atom is -0.443 e. The van der Waals surface area contributed by atoms with Crippen LogP contribution in [0.3, 0.4) is 0 Å². The normalized spacial score (nSPS) is 12.4. The zero-order valence-corrected chi connectivity index (χ0v) is 18.2. The monoisotopic (exact) mass is 460 g/mol. The lowest BCUT2D eigenvalue weighted by molar-refractivity contribution is -0.274. The van der Waals surface area contributed by atoms with Gasteiger partial charge in [-0.15, -0.1) is 13.2 Å². The molecule has 0 saturated heterocycles. The minimum absolute atomic E-state index is 0.0464. The van der Waals surface area contributed by atoms with Crippen LogP contribution in [0.2, 0.25) is 0 Å². The molecule has 0 saturated carbocycles. The number of nitrogens with zero attached hydrogens (tertiary/aromatic N) is 2. The molecule has 0 aliphatic heterocycles. The summed E-state index contributed by atoms with van der Waals surface area (Å²) in [5.41, 5.74) is -0.571. The van der Waals surface area contributed by atoms with Gasteiger partial charge in [0.05, 0.1) is 17.6 Å². The van der Waals surface area contributed by atoms with Crippen molar-refractivity contribution in [2.45, 2.75) is 32.7 Å². The fourth-order valence-electron chi connectivity index (χ4n) is 2.62. The Morgan fingerprint density at radius 2 is 1.74 bits per heavy atom. The Kier molecular flexibility index (Phi) is 7.20. The van der Waals surface area contributed by atoms with Crippen molar-refractivity contribution < 1.29 is 35.9 Å². The maximum absolute atomic E-state index is 12.9. The molecule has 7 nitrogen and oxygen atoms in total. The quantitative estimate of drug-likeness (QED) is 0.634. The number of benzene rings is 1.